The van der Waals surface area contributed by atoms with Gasteiger partial charge in [-0.15, -0.1) is 28.8 Å². The Labute approximate surface area is 168 Å². The number of aryl methyl sites for hydroxylation is 2. The van der Waals surface area contributed by atoms with Crippen molar-refractivity contribution in [3.8, 4) is 11.3 Å². The molecule has 0 radical (unpaired) electrons. The predicted molar refractivity (Wildman–Crippen MR) is 110 cm³/mol. The van der Waals surface area contributed by atoms with Gasteiger partial charge in [0.2, 0.25) is 5.96 Å². The molecule has 0 aliphatic carbocycles. The van der Waals surface area contributed by atoms with Crippen LogP contribution in [0.3, 0.4) is 0 Å². The lowest BCUT2D eigenvalue weighted by atomic mass is 10.1. The molecule has 27 heavy (non-hydrogen) atoms. The molecule has 0 spiro atoms. The van der Waals surface area contributed by atoms with Crippen LogP contribution >= 0.6 is 35.3 Å². The maximum atomic E-state index is 11.2. The number of guanidine groups is 1. The van der Waals surface area contributed by atoms with E-state index in [1.54, 1.807) is 6.07 Å². The van der Waals surface area contributed by atoms with E-state index in [1.807, 2.05) is 18.2 Å². The maximum absolute atomic E-state index is 11.2. The topological polar surface area (TPSA) is 137 Å². The van der Waals surface area contributed by atoms with Crippen molar-refractivity contribution in [2.75, 3.05) is 0 Å². The Hall–Kier alpha value is -2.69. The third-order valence-electron chi connectivity index (χ3n) is 3.74. The van der Waals surface area contributed by atoms with Gasteiger partial charge in [-0.25, -0.2) is 4.98 Å². The molecule has 1 aromatic carbocycles. The summed E-state index contributed by atoms with van der Waals surface area (Å²) in [5.41, 5.74) is 13.1. The molecule has 0 unspecified atom stereocenters. The SMILES string of the molecule is Cc1sc2nc(-c3ccc(Cl)c([N+](=O)[O-])c3)c(/C=N/N=C(N)N)n2c1C.Cl. The van der Waals surface area contributed by atoms with E-state index >= 15 is 0 Å². The number of fused-ring (bicyclic) bond motifs is 1. The van der Waals surface area contributed by atoms with Crippen LogP contribution in [0, 0.1) is 24.0 Å². The zero-order chi connectivity index (χ0) is 19.0. The van der Waals surface area contributed by atoms with Gasteiger partial charge in [-0.3, -0.25) is 14.5 Å². The first-order valence-electron chi connectivity index (χ1n) is 7.34. The third kappa shape index (κ3) is 3.87. The lowest BCUT2D eigenvalue weighted by Gasteiger charge is -2.02. The van der Waals surface area contributed by atoms with Gasteiger partial charge in [0.05, 0.1) is 22.5 Å². The van der Waals surface area contributed by atoms with Crippen molar-refractivity contribution in [1.82, 2.24) is 9.38 Å². The molecule has 0 bridgehead atoms. The number of nitro groups is 1. The Morgan fingerprint density at radius 2 is 2.11 bits per heavy atom. The van der Waals surface area contributed by atoms with E-state index in [0.29, 0.717) is 17.0 Å². The number of hydrogen-bond donors (Lipinski definition) is 2. The van der Waals surface area contributed by atoms with Gasteiger partial charge in [0.15, 0.2) is 4.96 Å². The predicted octanol–water partition coefficient (Wildman–Crippen LogP) is 3.27. The highest BCUT2D eigenvalue weighted by Gasteiger charge is 2.20. The van der Waals surface area contributed by atoms with Gasteiger partial charge in [-0.2, -0.15) is 5.10 Å². The van der Waals surface area contributed by atoms with Crippen LogP contribution in [0.25, 0.3) is 16.2 Å². The molecule has 12 heteroatoms. The lowest BCUT2D eigenvalue weighted by molar-refractivity contribution is -0.384. The summed E-state index contributed by atoms with van der Waals surface area (Å²) < 4.78 is 1.90. The van der Waals surface area contributed by atoms with E-state index in [4.69, 9.17) is 23.1 Å². The molecule has 0 aliphatic rings. The summed E-state index contributed by atoms with van der Waals surface area (Å²) in [4.78, 5) is 17.1. The largest absolute Gasteiger partial charge is 0.369 e. The number of benzene rings is 1. The van der Waals surface area contributed by atoms with Gasteiger partial charge in [0.1, 0.15) is 5.02 Å². The zero-order valence-electron chi connectivity index (χ0n) is 14.2. The molecule has 0 aliphatic heterocycles. The van der Waals surface area contributed by atoms with Crippen molar-refractivity contribution in [3.05, 3.63) is 49.6 Å². The highest BCUT2D eigenvalue weighted by molar-refractivity contribution is 7.17. The molecular weight excluding hydrogens is 413 g/mol. The van der Waals surface area contributed by atoms with Crippen LogP contribution in [-0.2, 0) is 0 Å². The molecule has 2 aromatic heterocycles. The summed E-state index contributed by atoms with van der Waals surface area (Å²) in [6.45, 7) is 3.94. The minimum atomic E-state index is -0.535. The number of nitrogens with two attached hydrogens (primary N) is 2. The van der Waals surface area contributed by atoms with E-state index in [2.05, 4.69) is 15.2 Å². The van der Waals surface area contributed by atoms with Crippen LogP contribution in [0.15, 0.2) is 28.4 Å². The fourth-order valence-electron chi connectivity index (χ4n) is 2.45. The minimum absolute atomic E-state index is 0. The average Bonchev–Trinajstić information content (AvgIpc) is 3.05. The molecule has 142 valence electrons. The first-order valence-corrected chi connectivity index (χ1v) is 8.53. The Kier molecular flexibility index (Phi) is 6.04. The van der Waals surface area contributed by atoms with Gasteiger partial charge >= 0.3 is 0 Å². The minimum Gasteiger partial charge on any atom is -0.369 e. The number of rotatable bonds is 4. The van der Waals surface area contributed by atoms with Crippen molar-refractivity contribution in [2.45, 2.75) is 13.8 Å². The van der Waals surface area contributed by atoms with Crippen LogP contribution in [0.1, 0.15) is 16.3 Å². The Bertz CT molecular complexity index is 1080. The molecule has 9 nitrogen and oxygen atoms in total. The van der Waals surface area contributed by atoms with Gasteiger partial charge in [0, 0.05) is 22.2 Å². The van der Waals surface area contributed by atoms with Crippen LogP contribution in [-0.4, -0.2) is 26.5 Å². The van der Waals surface area contributed by atoms with Crippen molar-refractivity contribution in [1.29, 1.82) is 0 Å². The summed E-state index contributed by atoms with van der Waals surface area (Å²) in [5.74, 6) is -0.177. The number of thiazole rings is 1. The maximum Gasteiger partial charge on any atom is 0.288 e. The molecule has 0 atom stereocenters. The number of imidazole rings is 1. The van der Waals surface area contributed by atoms with E-state index < -0.39 is 4.92 Å². The number of nitro benzene ring substituents is 1. The van der Waals surface area contributed by atoms with Crippen LogP contribution in [0.4, 0.5) is 5.69 Å². The highest BCUT2D eigenvalue weighted by Crippen LogP contribution is 2.34. The molecule has 0 amide bonds. The molecule has 3 aromatic rings. The van der Waals surface area contributed by atoms with E-state index in [0.717, 1.165) is 15.5 Å². The molecule has 0 fully saturated rings. The standard InChI is InChI=1S/C15H14ClN7O2S.ClH/c1-7-8(2)26-15-20-13(12(22(7)15)6-19-21-14(17)18)9-3-4-10(16)11(5-9)23(24)25;/h3-6H,1-2H3,(H4,17,18,21);1H/b19-6+;. The molecule has 4 N–H and O–H groups in total. The Balaban J connectivity index is 0.00000261. The smallest absolute Gasteiger partial charge is 0.288 e. The normalized spacial score (nSPS) is 10.9. The zero-order valence-corrected chi connectivity index (χ0v) is 16.6. The lowest BCUT2D eigenvalue weighted by Crippen LogP contribution is -2.21. The van der Waals surface area contributed by atoms with Crippen molar-refractivity contribution >= 4 is 58.2 Å². The van der Waals surface area contributed by atoms with Crippen molar-refractivity contribution in [2.24, 2.45) is 21.7 Å². The first kappa shape index (κ1) is 20.6. The fraction of sp³-hybridized carbons (Fsp3) is 0.133. The molecular formula is C15H15Cl2N7O2S. The number of hydrogen-bond acceptors (Lipinski definition) is 6. The third-order valence-corrected chi connectivity index (χ3v) is 5.12. The number of nitrogens with zero attached hydrogens (tertiary/aromatic N) is 5. The summed E-state index contributed by atoms with van der Waals surface area (Å²) in [6, 6.07) is 4.52. The van der Waals surface area contributed by atoms with Crippen LogP contribution < -0.4 is 11.5 Å². The second-order valence-electron chi connectivity index (χ2n) is 5.40. The molecule has 2 heterocycles. The van der Waals surface area contributed by atoms with Crippen LogP contribution in [0.2, 0.25) is 5.02 Å². The van der Waals surface area contributed by atoms with Gasteiger partial charge < -0.3 is 11.5 Å². The van der Waals surface area contributed by atoms with Crippen LogP contribution in [0.5, 0.6) is 0 Å². The average molecular weight is 428 g/mol. The molecule has 0 saturated carbocycles. The quantitative estimate of drug-likeness (QED) is 0.284. The van der Waals surface area contributed by atoms with Gasteiger partial charge in [-0.05, 0) is 19.9 Å². The summed E-state index contributed by atoms with van der Waals surface area (Å²) >= 11 is 7.41. The summed E-state index contributed by atoms with van der Waals surface area (Å²) in [7, 11) is 0. The van der Waals surface area contributed by atoms with Gasteiger partial charge in [0.25, 0.3) is 5.69 Å². The second kappa shape index (κ2) is 7.91. The number of aromatic nitrogens is 2. The summed E-state index contributed by atoms with van der Waals surface area (Å²) in [5, 5.41) is 18.7. The second-order valence-corrected chi connectivity index (χ2v) is 6.99. The van der Waals surface area contributed by atoms with E-state index in [1.165, 1.54) is 29.7 Å². The Morgan fingerprint density at radius 3 is 2.74 bits per heavy atom. The first-order chi connectivity index (χ1) is 12.3. The van der Waals surface area contributed by atoms with E-state index in [9.17, 15) is 10.1 Å². The van der Waals surface area contributed by atoms with Crippen molar-refractivity contribution < 1.29 is 4.92 Å². The highest BCUT2D eigenvalue weighted by atomic mass is 35.5. The van der Waals surface area contributed by atoms with Gasteiger partial charge in [-0.1, -0.05) is 17.7 Å². The monoisotopic (exact) mass is 427 g/mol. The summed E-state index contributed by atoms with van der Waals surface area (Å²) in [6.07, 6.45) is 1.47. The molecule has 3 rings (SSSR count). The van der Waals surface area contributed by atoms with E-state index in [-0.39, 0.29) is 29.1 Å². The fourth-order valence-corrected chi connectivity index (χ4v) is 3.62. The molecule has 0 saturated heterocycles. The van der Waals surface area contributed by atoms with Crippen molar-refractivity contribution in [3.63, 3.8) is 0 Å². The number of halogens is 2. The Morgan fingerprint density at radius 1 is 1.41 bits per heavy atom.